The molecule has 28 heavy (non-hydrogen) atoms. The number of rotatable bonds is 7. The molecule has 0 amide bonds. The van der Waals surface area contributed by atoms with E-state index in [9.17, 15) is 13.2 Å². The summed E-state index contributed by atoms with van der Waals surface area (Å²) in [4.78, 5) is 6.01. The van der Waals surface area contributed by atoms with Crippen molar-refractivity contribution in [3.05, 3.63) is 24.2 Å². The largest absolute Gasteiger partial charge is 0.469 e. The van der Waals surface area contributed by atoms with Gasteiger partial charge in [0.25, 0.3) is 0 Å². The third-order valence-electron chi connectivity index (χ3n) is 4.74. The first kappa shape index (κ1) is 23.3. The number of alkyl halides is 3. The Balaban J connectivity index is 0.00000280. The Hall–Kier alpha value is -1.01. The molecule has 1 aromatic rings. The molecule has 0 saturated carbocycles. The Kier molecular flexibility index (Phi) is 9.35. The highest BCUT2D eigenvalue weighted by molar-refractivity contribution is 14.0. The maximum absolute atomic E-state index is 12.6. The van der Waals surface area contributed by atoms with Gasteiger partial charge < -0.3 is 19.8 Å². The van der Waals surface area contributed by atoms with Crippen LogP contribution in [-0.4, -0.2) is 68.5 Å². The Labute approximate surface area is 180 Å². The van der Waals surface area contributed by atoms with E-state index in [1.54, 1.807) is 6.26 Å². The van der Waals surface area contributed by atoms with E-state index >= 15 is 0 Å². The van der Waals surface area contributed by atoms with Crippen molar-refractivity contribution in [2.45, 2.75) is 44.0 Å². The van der Waals surface area contributed by atoms with Crippen LogP contribution < -0.4 is 10.6 Å². The average Bonchev–Trinajstić information content (AvgIpc) is 3.34. The molecule has 1 aromatic heterocycles. The summed E-state index contributed by atoms with van der Waals surface area (Å²) >= 11 is 0. The zero-order valence-corrected chi connectivity index (χ0v) is 18.0. The Bertz CT molecular complexity index is 592. The number of aliphatic imine (C=N–C) groups is 1. The van der Waals surface area contributed by atoms with Gasteiger partial charge in [-0.05, 0) is 31.4 Å². The molecular weight excluding hydrogens is 488 g/mol. The molecule has 2 N–H and O–H groups in total. The van der Waals surface area contributed by atoms with Gasteiger partial charge >= 0.3 is 6.18 Å². The summed E-state index contributed by atoms with van der Waals surface area (Å²) in [5.41, 5.74) is 0. The molecular formula is C18H28F3IN4O2. The van der Waals surface area contributed by atoms with E-state index < -0.39 is 12.7 Å². The van der Waals surface area contributed by atoms with Crippen molar-refractivity contribution in [1.29, 1.82) is 0 Å². The monoisotopic (exact) mass is 516 g/mol. The fourth-order valence-corrected chi connectivity index (χ4v) is 3.43. The van der Waals surface area contributed by atoms with Gasteiger partial charge in [0.2, 0.25) is 0 Å². The van der Waals surface area contributed by atoms with Crippen LogP contribution in [0.4, 0.5) is 13.2 Å². The van der Waals surface area contributed by atoms with E-state index in [1.807, 2.05) is 12.1 Å². The Morgan fingerprint density at radius 2 is 2.18 bits per heavy atom. The highest BCUT2D eigenvalue weighted by atomic mass is 127. The van der Waals surface area contributed by atoms with Gasteiger partial charge in [-0.3, -0.25) is 9.89 Å². The van der Waals surface area contributed by atoms with Crippen molar-refractivity contribution < 1.29 is 22.3 Å². The maximum atomic E-state index is 12.6. The number of halogens is 4. The molecule has 3 rings (SSSR count). The van der Waals surface area contributed by atoms with Crippen molar-refractivity contribution in [3.63, 3.8) is 0 Å². The molecule has 0 aromatic carbocycles. The standard InChI is InChI=1S/C18H27F3N4O2.HI/c19-18(20,21)13-25-8-6-14(12-25)24-17(23-11-16-4-2-10-27-16)22-7-5-15-3-1-9-26-15;/h1,3,9,14,16H,2,4-8,10-13H2,(H2,22,23,24);1H. The van der Waals surface area contributed by atoms with E-state index in [-0.39, 0.29) is 36.1 Å². The molecule has 2 fully saturated rings. The van der Waals surface area contributed by atoms with Gasteiger partial charge in [0.1, 0.15) is 5.76 Å². The SMILES string of the molecule is FC(F)(F)CN1CCC(NC(=NCC2CCCO2)NCCc2ccco2)C1.I. The maximum Gasteiger partial charge on any atom is 0.401 e. The summed E-state index contributed by atoms with van der Waals surface area (Å²) in [6.07, 6.45) is 1.00. The van der Waals surface area contributed by atoms with Crippen LogP contribution in [0.2, 0.25) is 0 Å². The normalized spacial score (nSPS) is 23.6. The first-order chi connectivity index (χ1) is 13.0. The van der Waals surface area contributed by atoms with Crippen LogP contribution in [0.25, 0.3) is 0 Å². The minimum atomic E-state index is -4.16. The fourth-order valence-electron chi connectivity index (χ4n) is 3.43. The molecule has 0 radical (unpaired) electrons. The quantitative estimate of drug-likeness (QED) is 0.332. The number of likely N-dealkylation sites (tertiary alicyclic amines) is 1. The van der Waals surface area contributed by atoms with Crippen molar-refractivity contribution in [2.75, 3.05) is 39.3 Å². The molecule has 0 aliphatic carbocycles. The van der Waals surface area contributed by atoms with Crippen molar-refractivity contribution in [1.82, 2.24) is 15.5 Å². The van der Waals surface area contributed by atoms with Gasteiger partial charge in [0.15, 0.2) is 5.96 Å². The smallest absolute Gasteiger partial charge is 0.401 e. The minimum Gasteiger partial charge on any atom is -0.469 e. The number of ether oxygens (including phenoxy) is 1. The van der Waals surface area contributed by atoms with Crippen LogP contribution in [0.3, 0.4) is 0 Å². The molecule has 0 bridgehead atoms. The van der Waals surface area contributed by atoms with Crippen molar-refractivity contribution in [3.8, 4) is 0 Å². The topological polar surface area (TPSA) is 62.0 Å². The Morgan fingerprint density at radius 1 is 1.32 bits per heavy atom. The molecule has 160 valence electrons. The van der Waals surface area contributed by atoms with Crippen molar-refractivity contribution in [2.24, 2.45) is 4.99 Å². The van der Waals surface area contributed by atoms with Crippen molar-refractivity contribution >= 4 is 29.9 Å². The predicted octanol–water partition coefficient (Wildman–Crippen LogP) is 2.79. The van der Waals surface area contributed by atoms with E-state index in [0.29, 0.717) is 45.0 Å². The fraction of sp³-hybridized carbons (Fsp3) is 0.722. The minimum absolute atomic E-state index is 0. The summed E-state index contributed by atoms with van der Waals surface area (Å²) in [6.45, 7) is 1.88. The molecule has 2 saturated heterocycles. The van der Waals surface area contributed by atoms with Gasteiger partial charge in [0, 0.05) is 38.7 Å². The van der Waals surface area contributed by atoms with Gasteiger partial charge in [-0.25, -0.2) is 0 Å². The number of nitrogens with zero attached hydrogens (tertiary/aromatic N) is 2. The average molecular weight is 516 g/mol. The van der Waals surface area contributed by atoms with Crippen LogP contribution in [0, 0.1) is 0 Å². The van der Waals surface area contributed by atoms with Crippen LogP contribution in [-0.2, 0) is 11.2 Å². The molecule has 2 atom stereocenters. The van der Waals surface area contributed by atoms with Crippen LogP contribution in [0.15, 0.2) is 27.8 Å². The second kappa shape index (κ2) is 11.2. The first-order valence-corrected chi connectivity index (χ1v) is 9.46. The van der Waals surface area contributed by atoms with E-state index in [4.69, 9.17) is 9.15 Å². The molecule has 2 unspecified atom stereocenters. The zero-order valence-electron chi connectivity index (χ0n) is 15.7. The zero-order chi connectivity index (χ0) is 19.1. The predicted molar refractivity (Wildman–Crippen MR) is 111 cm³/mol. The molecule has 6 nitrogen and oxygen atoms in total. The number of guanidine groups is 1. The highest BCUT2D eigenvalue weighted by Gasteiger charge is 2.34. The third kappa shape index (κ3) is 8.16. The number of hydrogen-bond donors (Lipinski definition) is 2. The van der Waals surface area contributed by atoms with Gasteiger partial charge in [0.05, 0.1) is 25.5 Å². The van der Waals surface area contributed by atoms with Crippen LogP contribution in [0.1, 0.15) is 25.0 Å². The first-order valence-electron chi connectivity index (χ1n) is 9.46. The molecule has 10 heteroatoms. The van der Waals surface area contributed by atoms with Gasteiger partial charge in [-0.15, -0.1) is 24.0 Å². The lowest BCUT2D eigenvalue weighted by atomic mass is 10.2. The third-order valence-corrected chi connectivity index (χ3v) is 4.74. The lowest BCUT2D eigenvalue weighted by molar-refractivity contribution is -0.143. The summed E-state index contributed by atoms with van der Waals surface area (Å²) in [6, 6.07) is 3.70. The van der Waals surface area contributed by atoms with E-state index in [0.717, 1.165) is 25.2 Å². The second-order valence-electron chi connectivity index (χ2n) is 7.06. The number of furan rings is 1. The molecule has 0 spiro atoms. The second-order valence-corrected chi connectivity index (χ2v) is 7.06. The van der Waals surface area contributed by atoms with Crippen LogP contribution >= 0.6 is 24.0 Å². The lowest BCUT2D eigenvalue weighted by Gasteiger charge is -2.20. The van der Waals surface area contributed by atoms with E-state index in [1.165, 1.54) is 4.90 Å². The van der Waals surface area contributed by atoms with E-state index in [2.05, 4.69) is 15.6 Å². The summed E-state index contributed by atoms with van der Waals surface area (Å²) in [7, 11) is 0. The summed E-state index contributed by atoms with van der Waals surface area (Å²) in [5, 5.41) is 6.53. The summed E-state index contributed by atoms with van der Waals surface area (Å²) in [5.74, 6) is 1.49. The summed E-state index contributed by atoms with van der Waals surface area (Å²) < 4.78 is 48.6. The lowest BCUT2D eigenvalue weighted by Crippen LogP contribution is -2.46. The van der Waals surface area contributed by atoms with Gasteiger partial charge in [-0.1, -0.05) is 0 Å². The Morgan fingerprint density at radius 3 is 2.86 bits per heavy atom. The van der Waals surface area contributed by atoms with Crippen LogP contribution in [0.5, 0.6) is 0 Å². The number of hydrogen-bond acceptors (Lipinski definition) is 4. The molecule has 2 aliphatic heterocycles. The molecule has 3 heterocycles. The van der Waals surface area contributed by atoms with Gasteiger partial charge in [-0.2, -0.15) is 13.2 Å². The molecule has 2 aliphatic rings. The highest BCUT2D eigenvalue weighted by Crippen LogP contribution is 2.20. The number of nitrogens with one attached hydrogen (secondary N) is 2.